The van der Waals surface area contributed by atoms with Crippen molar-refractivity contribution in [3.05, 3.63) is 53.8 Å². The van der Waals surface area contributed by atoms with Gasteiger partial charge in [-0.05, 0) is 43.8 Å². The van der Waals surface area contributed by atoms with E-state index >= 15 is 0 Å². The van der Waals surface area contributed by atoms with E-state index in [1.165, 1.54) is 12.1 Å². The molecule has 0 aliphatic carbocycles. The van der Waals surface area contributed by atoms with Crippen LogP contribution in [0.1, 0.15) is 18.5 Å². The van der Waals surface area contributed by atoms with E-state index in [0.717, 1.165) is 5.56 Å². The molecule has 132 valence electrons. The molecule has 6 heteroatoms. The summed E-state index contributed by atoms with van der Waals surface area (Å²) in [4.78, 5) is 14.2. The Labute approximate surface area is 146 Å². The largest absolute Gasteiger partial charge is 0.486 e. The lowest BCUT2D eigenvalue weighted by molar-refractivity contribution is -0.117. The van der Waals surface area contributed by atoms with Crippen LogP contribution >= 0.6 is 0 Å². The number of anilines is 1. The van der Waals surface area contributed by atoms with Crippen LogP contribution in [0.5, 0.6) is 11.5 Å². The summed E-state index contributed by atoms with van der Waals surface area (Å²) in [6.45, 7) is 3.23. The molecule has 25 heavy (non-hydrogen) atoms. The number of fused-ring (bicyclic) bond motifs is 1. The van der Waals surface area contributed by atoms with Gasteiger partial charge in [-0.1, -0.05) is 12.1 Å². The molecule has 0 fully saturated rings. The number of rotatable bonds is 5. The van der Waals surface area contributed by atoms with Gasteiger partial charge in [0.2, 0.25) is 5.91 Å². The molecule has 5 nitrogen and oxygen atoms in total. The van der Waals surface area contributed by atoms with Gasteiger partial charge in [0.15, 0.2) is 11.5 Å². The molecule has 3 rings (SSSR count). The van der Waals surface area contributed by atoms with Crippen LogP contribution < -0.4 is 14.8 Å². The summed E-state index contributed by atoms with van der Waals surface area (Å²) in [6, 6.07) is 11.6. The molecule has 1 amide bonds. The Kier molecular flexibility index (Phi) is 5.19. The average molecular weight is 344 g/mol. The molecule has 0 saturated heterocycles. The summed E-state index contributed by atoms with van der Waals surface area (Å²) in [5.41, 5.74) is 1.62. The van der Waals surface area contributed by atoms with E-state index < -0.39 is 0 Å². The highest BCUT2D eigenvalue weighted by Gasteiger charge is 2.16. The number of likely N-dealkylation sites (N-methyl/N-ethyl adjacent to an activating group) is 1. The number of benzene rings is 2. The predicted octanol–water partition coefficient (Wildman–Crippen LogP) is 3.23. The van der Waals surface area contributed by atoms with Crippen LogP contribution in [0.4, 0.5) is 10.1 Å². The lowest BCUT2D eigenvalue weighted by atomic mass is 10.1. The Morgan fingerprint density at radius 2 is 1.84 bits per heavy atom. The van der Waals surface area contributed by atoms with Crippen LogP contribution in [0, 0.1) is 5.82 Å². The van der Waals surface area contributed by atoms with Gasteiger partial charge in [0.1, 0.15) is 19.0 Å². The second-order valence-electron chi connectivity index (χ2n) is 6.05. The average Bonchev–Trinajstić information content (AvgIpc) is 2.61. The molecular formula is C19H21FN2O3. The van der Waals surface area contributed by atoms with Crippen LogP contribution in [0.2, 0.25) is 0 Å². The van der Waals surface area contributed by atoms with Gasteiger partial charge >= 0.3 is 0 Å². The summed E-state index contributed by atoms with van der Waals surface area (Å²) < 4.78 is 24.0. The molecule has 2 aromatic carbocycles. The highest BCUT2D eigenvalue weighted by Crippen LogP contribution is 2.32. The van der Waals surface area contributed by atoms with Crippen molar-refractivity contribution in [1.29, 1.82) is 0 Å². The maximum absolute atomic E-state index is 13.0. The highest BCUT2D eigenvalue weighted by molar-refractivity contribution is 5.92. The van der Waals surface area contributed by atoms with E-state index in [0.29, 0.717) is 30.4 Å². The van der Waals surface area contributed by atoms with E-state index in [1.807, 2.05) is 18.9 Å². The lowest BCUT2D eigenvalue weighted by Crippen LogP contribution is -2.32. The molecule has 1 unspecified atom stereocenters. The smallest absolute Gasteiger partial charge is 0.238 e. The second kappa shape index (κ2) is 7.53. The second-order valence-corrected chi connectivity index (χ2v) is 6.05. The third-order valence-corrected chi connectivity index (χ3v) is 4.23. The molecule has 0 aromatic heterocycles. The summed E-state index contributed by atoms with van der Waals surface area (Å²) in [5.74, 6) is 0.923. The molecule has 0 spiro atoms. The van der Waals surface area contributed by atoms with Crippen molar-refractivity contribution in [2.45, 2.75) is 13.0 Å². The number of hydrogen-bond donors (Lipinski definition) is 1. The number of hydrogen-bond acceptors (Lipinski definition) is 4. The fourth-order valence-electron chi connectivity index (χ4n) is 2.68. The molecule has 0 radical (unpaired) electrons. The minimum atomic E-state index is -0.269. The van der Waals surface area contributed by atoms with E-state index in [-0.39, 0.29) is 24.3 Å². The van der Waals surface area contributed by atoms with Crippen LogP contribution in [0.3, 0.4) is 0 Å². The quantitative estimate of drug-likeness (QED) is 0.905. The first kappa shape index (κ1) is 17.2. The molecule has 0 saturated carbocycles. The third-order valence-electron chi connectivity index (χ3n) is 4.23. The minimum absolute atomic E-state index is 0.00776. The van der Waals surface area contributed by atoms with Crippen LogP contribution in [-0.4, -0.2) is 37.6 Å². The van der Waals surface area contributed by atoms with Crippen molar-refractivity contribution in [2.75, 3.05) is 32.1 Å². The van der Waals surface area contributed by atoms with Crippen LogP contribution in [0.15, 0.2) is 42.5 Å². The first-order valence-electron chi connectivity index (χ1n) is 8.18. The number of carbonyl (C=O) groups is 1. The van der Waals surface area contributed by atoms with Crippen molar-refractivity contribution in [1.82, 2.24) is 4.90 Å². The Morgan fingerprint density at radius 1 is 1.16 bits per heavy atom. The lowest BCUT2D eigenvalue weighted by Gasteiger charge is -2.24. The first-order valence-corrected chi connectivity index (χ1v) is 8.18. The maximum atomic E-state index is 13.0. The van der Waals surface area contributed by atoms with Crippen molar-refractivity contribution < 1.29 is 18.7 Å². The maximum Gasteiger partial charge on any atom is 0.238 e. The molecular weight excluding hydrogens is 323 g/mol. The zero-order chi connectivity index (χ0) is 17.8. The van der Waals surface area contributed by atoms with E-state index in [2.05, 4.69) is 5.32 Å². The monoisotopic (exact) mass is 344 g/mol. The zero-order valence-corrected chi connectivity index (χ0v) is 14.3. The normalized spacial score (nSPS) is 14.2. The Balaban J connectivity index is 1.59. The van der Waals surface area contributed by atoms with Gasteiger partial charge in [-0.2, -0.15) is 0 Å². The van der Waals surface area contributed by atoms with Gasteiger partial charge in [0.25, 0.3) is 0 Å². The standard InChI is InChI=1S/C19H21FN2O3/c1-13(14-3-5-15(20)6-4-14)22(2)12-19(23)21-16-7-8-17-18(11-16)25-10-9-24-17/h3-8,11,13H,9-10,12H2,1-2H3,(H,21,23). The highest BCUT2D eigenvalue weighted by atomic mass is 19.1. The van der Waals surface area contributed by atoms with Gasteiger partial charge < -0.3 is 14.8 Å². The topological polar surface area (TPSA) is 50.8 Å². The number of nitrogens with zero attached hydrogens (tertiary/aromatic N) is 1. The van der Waals surface area contributed by atoms with E-state index in [1.54, 1.807) is 30.3 Å². The third kappa shape index (κ3) is 4.28. The SMILES string of the molecule is CC(c1ccc(F)cc1)N(C)CC(=O)Nc1ccc2c(c1)OCCO2. The predicted molar refractivity (Wildman–Crippen MR) is 93.5 cm³/mol. The molecule has 1 atom stereocenters. The number of carbonyl (C=O) groups excluding carboxylic acids is 1. The van der Waals surface area contributed by atoms with Gasteiger partial charge in [-0.15, -0.1) is 0 Å². The van der Waals surface area contributed by atoms with Crippen molar-refractivity contribution in [2.24, 2.45) is 0 Å². The molecule has 1 aliphatic heterocycles. The number of halogens is 1. The fourth-order valence-corrected chi connectivity index (χ4v) is 2.68. The zero-order valence-electron chi connectivity index (χ0n) is 14.3. The fraction of sp³-hybridized carbons (Fsp3) is 0.316. The summed E-state index contributed by atoms with van der Waals surface area (Å²) in [6.07, 6.45) is 0. The van der Waals surface area contributed by atoms with E-state index in [4.69, 9.17) is 9.47 Å². The van der Waals surface area contributed by atoms with Gasteiger partial charge in [-0.25, -0.2) is 4.39 Å². The molecule has 2 aromatic rings. The van der Waals surface area contributed by atoms with Gasteiger partial charge in [-0.3, -0.25) is 9.69 Å². The molecule has 1 N–H and O–H groups in total. The summed E-state index contributed by atoms with van der Waals surface area (Å²) in [7, 11) is 1.86. The van der Waals surface area contributed by atoms with Crippen molar-refractivity contribution in [3.8, 4) is 11.5 Å². The minimum Gasteiger partial charge on any atom is -0.486 e. The first-order chi connectivity index (χ1) is 12.0. The molecule has 1 heterocycles. The summed E-state index contributed by atoms with van der Waals surface area (Å²) in [5, 5.41) is 2.86. The van der Waals surface area contributed by atoms with Crippen molar-refractivity contribution in [3.63, 3.8) is 0 Å². The van der Waals surface area contributed by atoms with Crippen LogP contribution in [-0.2, 0) is 4.79 Å². The number of amides is 1. The van der Waals surface area contributed by atoms with E-state index in [9.17, 15) is 9.18 Å². The Morgan fingerprint density at radius 3 is 2.56 bits per heavy atom. The Bertz CT molecular complexity index is 749. The number of nitrogens with one attached hydrogen (secondary N) is 1. The van der Waals surface area contributed by atoms with Crippen LogP contribution in [0.25, 0.3) is 0 Å². The molecule has 0 bridgehead atoms. The van der Waals surface area contributed by atoms with Crippen molar-refractivity contribution >= 4 is 11.6 Å². The molecule has 1 aliphatic rings. The Hall–Kier alpha value is -2.60. The summed E-state index contributed by atoms with van der Waals surface area (Å²) >= 11 is 0. The number of ether oxygens (including phenoxy) is 2. The van der Waals surface area contributed by atoms with Gasteiger partial charge in [0.05, 0.1) is 6.54 Å². The van der Waals surface area contributed by atoms with Gasteiger partial charge in [0, 0.05) is 17.8 Å².